The van der Waals surface area contributed by atoms with Gasteiger partial charge in [-0.2, -0.15) is 0 Å². The molecule has 0 aliphatic heterocycles. The predicted octanol–water partition coefficient (Wildman–Crippen LogP) is 8.17. The molecule has 1 saturated carbocycles. The van der Waals surface area contributed by atoms with E-state index in [2.05, 4.69) is 9.88 Å². The number of rotatable bonds is 8. The highest BCUT2D eigenvalue weighted by molar-refractivity contribution is 6.30. The van der Waals surface area contributed by atoms with Crippen LogP contribution in [0, 0.1) is 0 Å². The van der Waals surface area contributed by atoms with Crippen molar-refractivity contribution in [2.75, 3.05) is 7.05 Å². The molecule has 1 fully saturated rings. The summed E-state index contributed by atoms with van der Waals surface area (Å²) in [5.74, 6) is 0.428. The van der Waals surface area contributed by atoms with Gasteiger partial charge < -0.3 is 19.7 Å². The number of aromatic carboxylic acids is 1. The fourth-order valence-electron chi connectivity index (χ4n) is 5.89. The van der Waals surface area contributed by atoms with Gasteiger partial charge in [-0.05, 0) is 96.3 Å². The third-order valence-electron chi connectivity index (χ3n) is 8.14. The SMILES string of the molecule is CNC(=O)c1ccc(COc2ccc(-c3nc4cc(C(=O)O)ccc4n3C3CCCCC3)cc2)c(-c2ccc(Cl)cc2)c1. The maximum Gasteiger partial charge on any atom is 0.335 e. The normalized spacial score (nSPS) is 13.6. The van der Waals surface area contributed by atoms with E-state index in [-0.39, 0.29) is 11.5 Å². The number of nitrogens with zero attached hydrogens (tertiary/aromatic N) is 2. The fraction of sp³-hybridized carbons (Fsp3) is 0.229. The number of amides is 1. The van der Waals surface area contributed by atoms with Crippen molar-refractivity contribution < 1.29 is 19.4 Å². The maximum atomic E-state index is 12.3. The molecule has 0 atom stereocenters. The minimum Gasteiger partial charge on any atom is -0.489 e. The van der Waals surface area contributed by atoms with Gasteiger partial charge in [-0.3, -0.25) is 4.79 Å². The van der Waals surface area contributed by atoms with E-state index in [1.807, 2.05) is 66.7 Å². The highest BCUT2D eigenvalue weighted by atomic mass is 35.5. The fourth-order valence-corrected chi connectivity index (χ4v) is 6.02. The summed E-state index contributed by atoms with van der Waals surface area (Å²) >= 11 is 6.12. The van der Waals surface area contributed by atoms with E-state index < -0.39 is 5.97 Å². The van der Waals surface area contributed by atoms with Crippen molar-refractivity contribution in [2.24, 2.45) is 0 Å². The number of hydrogen-bond acceptors (Lipinski definition) is 4. The summed E-state index contributed by atoms with van der Waals surface area (Å²) in [4.78, 5) is 28.9. The van der Waals surface area contributed by atoms with Gasteiger partial charge in [-0.25, -0.2) is 9.78 Å². The minimum atomic E-state index is -0.959. The lowest BCUT2D eigenvalue weighted by molar-refractivity contribution is 0.0696. The van der Waals surface area contributed by atoms with Crippen LogP contribution in [0.2, 0.25) is 5.02 Å². The van der Waals surface area contributed by atoms with Gasteiger partial charge in [0.2, 0.25) is 0 Å². The van der Waals surface area contributed by atoms with Gasteiger partial charge in [0.15, 0.2) is 0 Å². The lowest BCUT2D eigenvalue weighted by Crippen LogP contribution is -2.18. The second-order valence-electron chi connectivity index (χ2n) is 10.9. The lowest BCUT2D eigenvalue weighted by atomic mass is 9.95. The molecule has 1 aliphatic rings. The molecule has 1 aliphatic carbocycles. The Morgan fingerprint density at radius 1 is 0.907 bits per heavy atom. The van der Waals surface area contributed by atoms with E-state index in [1.165, 1.54) is 19.3 Å². The van der Waals surface area contributed by atoms with Crippen LogP contribution < -0.4 is 10.1 Å². The molecule has 6 rings (SSSR count). The average Bonchev–Trinajstić information content (AvgIpc) is 3.43. The molecule has 4 aromatic carbocycles. The summed E-state index contributed by atoms with van der Waals surface area (Å²) in [6.45, 7) is 0.309. The molecule has 218 valence electrons. The van der Waals surface area contributed by atoms with Crippen molar-refractivity contribution in [2.45, 2.75) is 44.8 Å². The second-order valence-corrected chi connectivity index (χ2v) is 11.3. The van der Waals surface area contributed by atoms with Crippen molar-refractivity contribution in [1.82, 2.24) is 14.9 Å². The molecule has 0 radical (unpaired) electrons. The molecule has 2 N–H and O–H groups in total. The average molecular weight is 594 g/mol. The molecule has 1 aromatic heterocycles. The number of carbonyl (C=O) groups is 2. The number of ether oxygens (including phenoxy) is 1. The number of carboxylic acids is 1. The quantitative estimate of drug-likeness (QED) is 0.189. The summed E-state index contributed by atoms with van der Waals surface area (Å²) < 4.78 is 8.52. The molecule has 8 heteroatoms. The van der Waals surface area contributed by atoms with E-state index in [1.54, 1.807) is 25.2 Å². The molecule has 5 aromatic rings. The monoisotopic (exact) mass is 593 g/mol. The summed E-state index contributed by atoms with van der Waals surface area (Å²) in [5, 5.41) is 12.8. The molecular weight excluding hydrogens is 562 g/mol. The Morgan fingerprint density at radius 3 is 2.30 bits per heavy atom. The maximum absolute atomic E-state index is 12.3. The Balaban J connectivity index is 1.29. The van der Waals surface area contributed by atoms with Crippen molar-refractivity contribution in [3.63, 3.8) is 0 Å². The first-order valence-electron chi connectivity index (χ1n) is 14.5. The van der Waals surface area contributed by atoms with Crippen LogP contribution >= 0.6 is 11.6 Å². The summed E-state index contributed by atoms with van der Waals surface area (Å²) in [5.41, 5.74) is 6.18. The van der Waals surface area contributed by atoms with Crippen LogP contribution in [0.4, 0.5) is 0 Å². The van der Waals surface area contributed by atoms with Gasteiger partial charge in [0.1, 0.15) is 18.2 Å². The number of carboxylic acid groups (broad SMARTS) is 1. The van der Waals surface area contributed by atoms with Crippen molar-refractivity contribution in [3.05, 3.63) is 107 Å². The van der Waals surface area contributed by atoms with Crippen LogP contribution in [0.3, 0.4) is 0 Å². The highest BCUT2D eigenvalue weighted by Crippen LogP contribution is 2.37. The molecule has 1 amide bonds. The van der Waals surface area contributed by atoms with Gasteiger partial charge >= 0.3 is 5.97 Å². The Labute approximate surface area is 255 Å². The van der Waals surface area contributed by atoms with Gasteiger partial charge in [0, 0.05) is 29.2 Å². The molecule has 7 nitrogen and oxygen atoms in total. The number of imidazole rings is 1. The van der Waals surface area contributed by atoms with Gasteiger partial charge in [-0.1, -0.05) is 49.1 Å². The smallest absolute Gasteiger partial charge is 0.335 e. The summed E-state index contributed by atoms with van der Waals surface area (Å²) in [6, 6.07) is 26.5. The molecule has 0 unspecified atom stereocenters. The number of hydrogen-bond donors (Lipinski definition) is 2. The van der Waals surface area contributed by atoms with Crippen molar-refractivity contribution in [3.8, 4) is 28.3 Å². The zero-order valence-electron chi connectivity index (χ0n) is 23.8. The van der Waals surface area contributed by atoms with E-state index in [9.17, 15) is 14.7 Å². The minimum absolute atomic E-state index is 0.156. The van der Waals surface area contributed by atoms with Crippen LogP contribution in [0.25, 0.3) is 33.5 Å². The van der Waals surface area contributed by atoms with Crippen LogP contribution in [0.15, 0.2) is 84.9 Å². The third kappa shape index (κ3) is 5.99. The van der Waals surface area contributed by atoms with E-state index >= 15 is 0 Å². The Bertz CT molecular complexity index is 1790. The Kier molecular flexibility index (Phi) is 8.16. The van der Waals surface area contributed by atoms with E-state index in [0.29, 0.717) is 34.5 Å². The summed E-state index contributed by atoms with van der Waals surface area (Å²) in [6.07, 6.45) is 5.74. The molecule has 1 heterocycles. The zero-order valence-corrected chi connectivity index (χ0v) is 24.6. The number of aromatic nitrogens is 2. The number of halogens is 1. The van der Waals surface area contributed by atoms with Crippen LogP contribution in [0.5, 0.6) is 5.75 Å². The van der Waals surface area contributed by atoms with Crippen molar-refractivity contribution >= 4 is 34.5 Å². The van der Waals surface area contributed by atoms with Crippen molar-refractivity contribution in [1.29, 1.82) is 0 Å². The Morgan fingerprint density at radius 2 is 1.60 bits per heavy atom. The molecule has 0 bridgehead atoms. The summed E-state index contributed by atoms with van der Waals surface area (Å²) in [7, 11) is 1.61. The predicted molar refractivity (Wildman–Crippen MR) is 169 cm³/mol. The van der Waals surface area contributed by atoms with Gasteiger partial charge in [0.05, 0.1) is 16.6 Å². The standard InChI is InChI=1S/C35H32ClN3O4/c1-37-34(40)24-7-8-26(30(19-24)22-9-14-27(36)15-10-22)21-43-29-16-11-23(12-17-29)33-38-31-20-25(35(41)42)13-18-32(31)39(33)28-5-3-2-4-6-28/h7-20,28H,2-6,21H2,1H3,(H,37,40)(H,41,42). The molecule has 43 heavy (non-hydrogen) atoms. The zero-order chi connectivity index (χ0) is 29.9. The number of fused-ring (bicyclic) bond motifs is 1. The number of benzene rings is 4. The number of nitrogens with one attached hydrogen (secondary N) is 1. The van der Waals surface area contributed by atoms with Gasteiger partial charge in [0.25, 0.3) is 5.91 Å². The number of carbonyl (C=O) groups excluding carboxylic acids is 1. The highest BCUT2D eigenvalue weighted by Gasteiger charge is 2.23. The first kappa shape index (κ1) is 28.5. The molecular formula is C35H32ClN3O4. The van der Waals surface area contributed by atoms with E-state index in [4.69, 9.17) is 21.3 Å². The first-order valence-corrected chi connectivity index (χ1v) is 14.9. The van der Waals surface area contributed by atoms with Crippen LogP contribution in [-0.4, -0.2) is 33.6 Å². The lowest BCUT2D eigenvalue weighted by Gasteiger charge is -2.25. The Hall–Kier alpha value is -4.62. The van der Waals surface area contributed by atoms with E-state index in [0.717, 1.165) is 46.4 Å². The molecule has 0 saturated heterocycles. The van der Waals surface area contributed by atoms with Crippen LogP contribution in [0.1, 0.15) is 64.4 Å². The van der Waals surface area contributed by atoms with Gasteiger partial charge in [-0.15, -0.1) is 0 Å². The first-order chi connectivity index (χ1) is 20.9. The second kappa shape index (κ2) is 12.3. The molecule has 0 spiro atoms. The third-order valence-corrected chi connectivity index (χ3v) is 8.39. The van der Waals surface area contributed by atoms with Crippen LogP contribution in [-0.2, 0) is 6.61 Å². The topological polar surface area (TPSA) is 93.4 Å². The largest absolute Gasteiger partial charge is 0.489 e.